The molecule has 0 atom stereocenters. The number of hydrazone groups is 1. The number of anilines is 1. The Hall–Kier alpha value is -2.74. The Morgan fingerprint density at radius 3 is 2.72 bits per heavy atom. The lowest BCUT2D eigenvalue weighted by atomic mass is 10.2. The fraction of sp³-hybridized carbons (Fsp3) is 0.176. The van der Waals surface area contributed by atoms with Crippen LogP contribution in [0.4, 0.5) is 5.69 Å². The second-order valence-corrected chi connectivity index (χ2v) is 5.76. The topological polar surface area (TPSA) is 92.2 Å². The summed E-state index contributed by atoms with van der Waals surface area (Å²) in [5.41, 5.74) is 3.72. The average Bonchev–Trinajstić information content (AvgIpc) is 2.60. The molecule has 0 heterocycles. The van der Waals surface area contributed by atoms with Gasteiger partial charge in [0.25, 0.3) is 5.91 Å². The number of aromatic hydroxyl groups is 1. The van der Waals surface area contributed by atoms with Crippen LogP contribution in [0.1, 0.15) is 5.56 Å². The first kappa shape index (κ1) is 18.6. The van der Waals surface area contributed by atoms with Gasteiger partial charge in [-0.1, -0.05) is 12.1 Å². The number of ether oxygens (including phenoxy) is 2. The van der Waals surface area contributed by atoms with Crippen molar-refractivity contribution in [1.29, 1.82) is 0 Å². The molecular formula is C17H18BrN3O4. The smallest absolute Gasteiger partial charge is 0.259 e. The van der Waals surface area contributed by atoms with Gasteiger partial charge in [0.1, 0.15) is 5.75 Å². The maximum absolute atomic E-state index is 11.8. The van der Waals surface area contributed by atoms with E-state index >= 15 is 0 Å². The van der Waals surface area contributed by atoms with Gasteiger partial charge in [-0.2, -0.15) is 5.10 Å². The Bertz CT molecular complexity index is 757. The van der Waals surface area contributed by atoms with Crippen molar-refractivity contribution in [1.82, 2.24) is 5.43 Å². The van der Waals surface area contributed by atoms with Gasteiger partial charge in [-0.15, -0.1) is 0 Å². The van der Waals surface area contributed by atoms with Gasteiger partial charge >= 0.3 is 0 Å². The van der Waals surface area contributed by atoms with E-state index in [4.69, 9.17) is 9.47 Å². The number of amides is 1. The summed E-state index contributed by atoms with van der Waals surface area (Å²) in [7, 11) is 3.02. The number of methoxy groups -OCH3 is 2. The van der Waals surface area contributed by atoms with Crippen LogP contribution in [0.2, 0.25) is 0 Å². The molecule has 2 aromatic rings. The molecule has 2 rings (SSSR count). The van der Waals surface area contributed by atoms with Crippen molar-refractivity contribution in [2.75, 3.05) is 26.1 Å². The zero-order valence-corrected chi connectivity index (χ0v) is 15.3. The standard InChI is InChI=1S/C17H18BrN3O4/c1-24-15-6-4-3-5-13(15)19-10-16(23)21-20-9-11-7-12(18)17(25-2)14(22)8-11/h3-9,19,22H,10H2,1-2H3,(H,21,23)/b20-9+. The van der Waals surface area contributed by atoms with E-state index in [9.17, 15) is 9.90 Å². The zero-order valence-electron chi connectivity index (χ0n) is 13.7. The molecule has 0 spiro atoms. The summed E-state index contributed by atoms with van der Waals surface area (Å²) in [5, 5.41) is 16.7. The highest BCUT2D eigenvalue weighted by Crippen LogP contribution is 2.34. The van der Waals surface area contributed by atoms with Crippen LogP contribution in [0, 0.1) is 0 Å². The Morgan fingerprint density at radius 1 is 1.28 bits per heavy atom. The van der Waals surface area contributed by atoms with Gasteiger partial charge in [-0.3, -0.25) is 4.79 Å². The molecule has 0 aliphatic carbocycles. The van der Waals surface area contributed by atoms with Gasteiger partial charge < -0.3 is 19.9 Å². The number of rotatable bonds is 7. The van der Waals surface area contributed by atoms with Crippen LogP contribution in [0.5, 0.6) is 17.2 Å². The maximum atomic E-state index is 11.8. The van der Waals surface area contributed by atoms with E-state index < -0.39 is 0 Å². The van der Waals surface area contributed by atoms with Crippen LogP contribution in [-0.2, 0) is 4.79 Å². The van der Waals surface area contributed by atoms with Gasteiger partial charge in [0.15, 0.2) is 11.5 Å². The van der Waals surface area contributed by atoms with Crippen LogP contribution in [0.15, 0.2) is 46.0 Å². The molecule has 0 saturated heterocycles. The highest BCUT2D eigenvalue weighted by molar-refractivity contribution is 9.10. The molecule has 25 heavy (non-hydrogen) atoms. The molecule has 0 saturated carbocycles. The summed E-state index contributed by atoms with van der Waals surface area (Å²) in [4.78, 5) is 11.8. The molecule has 3 N–H and O–H groups in total. The lowest BCUT2D eigenvalue weighted by Gasteiger charge is -2.09. The summed E-state index contributed by atoms with van der Waals surface area (Å²) < 4.78 is 10.8. The highest BCUT2D eigenvalue weighted by atomic mass is 79.9. The Balaban J connectivity index is 1.90. The predicted molar refractivity (Wildman–Crippen MR) is 99.6 cm³/mol. The Labute approximate surface area is 153 Å². The van der Waals surface area contributed by atoms with Crippen molar-refractivity contribution in [2.24, 2.45) is 5.10 Å². The number of hydrogen-bond acceptors (Lipinski definition) is 6. The lowest BCUT2D eigenvalue weighted by molar-refractivity contribution is -0.119. The van der Waals surface area contributed by atoms with Gasteiger partial charge in [0.05, 0.1) is 37.1 Å². The molecule has 1 amide bonds. The van der Waals surface area contributed by atoms with Gasteiger partial charge in [-0.25, -0.2) is 5.43 Å². The number of nitrogens with zero attached hydrogens (tertiary/aromatic N) is 1. The molecular weight excluding hydrogens is 390 g/mol. The second kappa shape index (κ2) is 8.93. The Kier molecular flexibility index (Phi) is 6.64. The Morgan fingerprint density at radius 2 is 2.04 bits per heavy atom. The number of benzene rings is 2. The van der Waals surface area contributed by atoms with E-state index in [1.807, 2.05) is 18.2 Å². The minimum absolute atomic E-state index is 0.0255. The first-order valence-corrected chi connectivity index (χ1v) is 8.09. The summed E-state index contributed by atoms with van der Waals surface area (Å²) >= 11 is 3.29. The summed E-state index contributed by atoms with van der Waals surface area (Å²) in [5.74, 6) is 0.640. The third-order valence-electron chi connectivity index (χ3n) is 3.20. The summed E-state index contributed by atoms with van der Waals surface area (Å²) in [6.07, 6.45) is 1.42. The number of carbonyl (C=O) groups is 1. The van der Waals surface area contributed by atoms with E-state index in [-0.39, 0.29) is 18.2 Å². The fourth-order valence-corrected chi connectivity index (χ4v) is 2.69. The lowest BCUT2D eigenvalue weighted by Crippen LogP contribution is -2.26. The fourth-order valence-electron chi connectivity index (χ4n) is 2.06. The van der Waals surface area contributed by atoms with Crippen LogP contribution in [0.25, 0.3) is 0 Å². The van der Waals surface area contributed by atoms with Crippen LogP contribution >= 0.6 is 15.9 Å². The summed E-state index contributed by atoms with van der Waals surface area (Å²) in [6, 6.07) is 10.5. The largest absolute Gasteiger partial charge is 0.504 e. The van der Waals surface area contributed by atoms with Crippen LogP contribution < -0.4 is 20.2 Å². The van der Waals surface area contributed by atoms with Crippen LogP contribution in [-0.4, -0.2) is 38.0 Å². The molecule has 132 valence electrons. The molecule has 0 bridgehead atoms. The zero-order chi connectivity index (χ0) is 18.2. The molecule has 0 fully saturated rings. The quantitative estimate of drug-likeness (QED) is 0.484. The van der Waals surface area contributed by atoms with Crippen LogP contribution in [0.3, 0.4) is 0 Å². The van der Waals surface area contributed by atoms with Gasteiger partial charge in [-0.05, 0) is 45.8 Å². The number of carbonyl (C=O) groups excluding carboxylic acids is 1. The van der Waals surface area contributed by atoms with Crippen molar-refractivity contribution in [3.05, 3.63) is 46.4 Å². The molecule has 0 aliphatic rings. The number of nitrogens with one attached hydrogen (secondary N) is 2. The minimum atomic E-state index is -0.320. The van der Waals surface area contributed by atoms with Gasteiger partial charge in [0.2, 0.25) is 0 Å². The SMILES string of the molecule is COc1ccccc1NCC(=O)N/N=C/c1cc(O)c(OC)c(Br)c1. The molecule has 2 aromatic carbocycles. The van der Waals surface area contributed by atoms with Gasteiger partial charge in [0, 0.05) is 0 Å². The number of halogens is 1. The van der Waals surface area contributed by atoms with E-state index in [0.29, 0.717) is 27.2 Å². The van der Waals surface area contributed by atoms with E-state index in [1.54, 1.807) is 19.2 Å². The van der Waals surface area contributed by atoms with Crippen molar-refractivity contribution >= 4 is 33.7 Å². The third-order valence-corrected chi connectivity index (χ3v) is 3.79. The number of phenolic OH excluding ortho intramolecular Hbond substituents is 1. The van der Waals surface area contributed by atoms with Crippen molar-refractivity contribution in [2.45, 2.75) is 0 Å². The minimum Gasteiger partial charge on any atom is -0.504 e. The first-order chi connectivity index (χ1) is 12.0. The molecule has 8 heteroatoms. The number of para-hydroxylation sites is 2. The molecule has 0 unspecified atom stereocenters. The highest BCUT2D eigenvalue weighted by Gasteiger charge is 2.08. The van der Waals surface area contributed by atoms with E-state index in [1.165, 1.54) is 19.4 Å². The van der Waals surface area contributed by atoms with Crippen molar-refractivity contribution in [3.8, 4) is 17.2 Å². The monoisotopic (exact) mass is 407 g/mol. The molecule has 0 aliphatic heterocycles. The second-order valence-electron chi connectivity index (χ2n) is 4.90. The predicted octanol–water partition coefficient (Wildman–Crippen LogP) is 2.73. The normalized spacial score (nSPS) is 10.5. The number of phenols is 1. The molecule has 0 radical (unpaired) electrons. The third kappa shape index (κ3) is 5.12. The van der Waals surface area contributed by atoms with E-state index in [0.717, 1.165) is 0 Å². The van der Waals surface area contributed by atoms with E-state index in [2.05, 4.69) is 31.8 Å². The van der Waals surface area contributed by atoms with Crippen molar-refractivity contribution in [3.63, 3.8) is 0 Å². The molecule has 0 aromatic heterocycles. The molecule has 7 nitrogen and oxygen atoms in total. The first-order valence-electron chi connectivity index (χ1n) is 7.30. The van der Waals surface area contributed by atoms with Crippen molar-refractivity contribution < 1.29 is 19.4 Å². The summed E-state index contributed by atoms with van der Waals surface area (Å²) in [6.45, 7) is 0.0370. The number of hydrogen-bond donors (Lipinski definition) is 3. The maximum Gasteiger partial charge on any atom is 0.259 e. The average molecular weight is 408 g/mol.